The van der Waals surface area contributed by atoms with Gasteiger partial charge in [0.05, 0.1) is 40.0 Å². The first-order valence-electron chi connectivity index (χ1n) is 11.5. The van der Waals surface area contributed by atoms with Gasteiger partial charge >= 0.3 is 0 Å². The van der Waals surface area contributed by atoms with E-state index in [-0.39, 0.29) is 16.3 Å². The quantitative estimate of drug-likeness (QED) is 0.0769. The zero-order valence-corrected chi connectivity index (χ0v) is 21.7. The van der Waals surface area contributed by atoms with Gasteiger partial charge in [0.15, 0.2) is 5.84 Å². The number of aryl methyl sites for hydroxylation is 2. The Bertz CT molecular complexity index is 1500. The molecule has 0 atom stereocenters. The average Bonchev–Trinajstić information content (AvgIpc) is 2.92. The lowest BCUT2D eigenvalue weighted by Crippen LogP contribution is -2.25. The first-order chi connectivity index (χ1) is 18.3. The van der Waals surface area contributed by atoms with Gasteiger partial charge in [-0.25, -0.2) is 4.99 Å². The molecule has 0 aliphatic rings. The molecule has 0 fully saturated rings. The molecule has 0 unspecified atom stereocenters. The number of nitro groups is 2. The van der Waals surface area contributed by atoms with Crippen molar-refractivity contribution in [2.75, 3.05) is 11.4 Å². The highest BCUT2D eigenvalue weighted by molar-refractivity contribution is 8.01. The molecule has 0 saturated carbocycles. The molecular formula is C28H24N4O5S. The summed E-state index contributed by atoms with van der Waals surface area (Å²) in [4.78, 5) is 27.1. The Morgan fingerprint density at radius 2 is 1.47 bits per heavy atom. The van der Waals surface area contributed by atoms with E-state index >= 15 is 0 Å². The number of aliphatic imine (C=N–C) groups is 1. The largest absolute Gasteiger partial charge is 0.496 e. The maximum absolute atomic E-state index is 11.9. The lowest BCUT2D eigenvalue weighted by atomic mass is 10.1. The van der Waals surface area contributed by atoms with Gasteiger partial charge in [-0.15, -0.1) is 0 Å². The van der Waals surface area contributed by atoms with Crippen LogP contribution in [0, 0.1) is 34.1 Å². The number of rotatable bonds is 8. The van der Waals surface area contributed by atoms with E-state index in [0.717, 1.165) is 29.1 Å². The van der Waals surface area contributed by atoms with Gasteiger partial charge in [0.25, 0.3) is 11.4 Å². The molecule has 10 heteroatoms. The van der Waals surface area contributed by atoms with Crippen LogP contribution in [-0.4, -0.2) is 22.8 Å². The van der Waals surface area contributed by atoms with Gasteiger partial charge in [-0.1, -0.05) is 47.5 Å². The van der Waals surface area contributed by atoms with Crippen LogP contribution in [0.3, 0.4) is 0 Å². The van der Waals surface area contributed by atoms with Crippen LogP contribution in [0.4, 0.5) is 22.7 Å². The number of amidine groups is 1. The molecule has 0 aliphatic heterocycles. The van der Waals surface area contributed by atoms with E-state index < -0.39 is 9.85 Å². The van der Waals surface area contributed by atoms with Crippen molar-refractivity contribution < 1.29 is 14.6 Å². The topological polar surface area (TPSA) is 111 Å². The standard InChI is InChI=1S/C28H24N4O5S/c1-19-8-12-21(13-9-19)29-28(24-6-4-5-7-26(24)37-3)30(22-14-10-20(2)11-15-22)38-27-17-16-23(31(33)34)18-25(27)32(35)36/h4-18H,1-3H3. The SMILES string of the molecule is COc1ccccc1C(=Nc1ccc(C)cc1)N(Sc1ccc([N+](=O)[O-])cc1[N+](=O)[O-])c1ccc(C)cc1. The summed E-state index contributed by atoms with van der Waals surface area (Å²) in [6.45, 7) is 3.95. The predicted octanol–water partition coefficient (Wildman–Crippen LogP) is 7.42. The van der Waals surface area contributed by atoms with Crippen LogP contribution >= 0.6 is 11.9 Å². The van der Waals surface area contributed by atoms with Crippen LogP contribution in [0.25, 0.3) is 0 Å². The summed E-state index contributed by atoms with van der Waals surface area (Å²) < 4.78 is 7.41. The molecule has 0 saturated heterocycles. The molecule has 9 nitrogen and oxygen atoms in total. The summed E-state index contributed by atoms with van der Waals surface area (Å²) in [6.07, 6.45) is 0. The highest BCUT2D eigenvalue weighted by atomic mass is 32.2. The zero-order chi connectivity index (χ0) is 27.2. The zero-order valence-electron chi connectivity index (χ0n) is 20.9. The maximum atomic E-state index is 11.9. The number of benzene rings is 4. The van der Waals surface area contributed by atoms with Gasteiger partial charge in [-0.2, -0.15) is 0 Å². The third-order valence-electron chi connectivity index (χ3n) is 5.62. The van der Waals surface area contributed by atoms with Crippen LogP contribution in [0.5, 0.6) is 5.75 Å². The smallest absolute Gasteiger partial charge is 0.291 e. The normalized spacial score (nSPS) is 11.2. The molecule has 38 heavy (non-hydrogen) atoms. The Morgan fingerprint density at radius 3 is 2.08 bits per heavy atom. The number of non-ortho nitro benzene ring substituents is 1. The summed E-state index contributed by atoms with van der Waals surface area (Å²) in [6, 6.07) is 26.3. The van der Waals surface area contributed by atoms with Crippen molar-refractivity contribution in [3.8, 4) is 5.75 Å². The summed E-state index contributed by atoms with van der Waals surface area (Å²) in [7, 11) is 1.56. The predicted molar refractivity (Wildman–Crippen MR) is 150 cm³/mol. The lowest BCUT2D eigenvalue weighted by molar-refractivity contribution is -0.396. The molecular weight excluding hydrogens is 504 g/mol. The Morgan fingerprint density at radius 1 is 0.842 bits per heavy atom. The minimum absolute atomic E-state index is 0.215. The Kier molecular flexibility index (Phi) is 8.03. The summed E-state index contributed by atoms with van der Waals surface area (Å²) in [5, 5.41) is 23.2. The fourth-order valence-corrected chi connectivity index (χ4v) is 4.63. The van der Waals surface area contributed by atoms with Crippen molar-refractivity contribution in [2.24, 2.45) is 4.99 Å². The Balaban J connectivity index is 1.95. The fraction of sp³-hybridized carbons (Fsp3) is 0.107. The van der Waals surface area contributed by atoms with Gasteiger partial charge in [0, 0.05) is 18.0 Å². The molecule has 0 bridgehead atoms. The van der Waals surface area contributed by atoms with Crippen LogP contribution in [-0.2, 0) is 0 Å². The van der Waals surface area contributed by atoms with E-state index in [1.807, 2.05) is 86.6 Å². The van der Waals surface area contributed by atoms with Gasteiger partial charge in [-0.05, 0) is 56.3 Å². The summed E-state index contributed by atoms with van der Waals surface area (Å²) >= 11 is 1.05. The second kappa shape index (κ2) is 11.6. The van der Waals surface area contributed by atoms with Crippen molar-refractivity contribution in [3.05, 3.63) is 128 Å². The molecule has 0 N–H and O–H groups in total. The monoisotopic (exact) mass is 528 g/mol. The minimum Gasteiger partial charge on any atom is -0.496 e. The number of para-hydroxylation sites is 1. The van der Waals surface area contributed by atoms with Gasteiger partial charge < -0.3 is 4.74 Å². The van der Waals surface area contributed by atoms with Crippen molar-refractivity contribution in [1.29, 1.82) is 0 Å². The third-order valence-corrected chi connectivity index (χ3v) is 6.73. The third kappa shape index (κ3) is 5.98. The number of hydrogen-bond acceptors (Lipinski definition) is 7. The first-order valence-corrected chi connectivity index (χ1v) is 12.3. The van der Waals surface area contributed by atoms with E-state index in [2.05, 4.69) is 0 Å². The summed E-state index contributed by atoms with van der Waals surface area (Å²) in [5.41, 5.74) is 3.41. The summed E-state index contributed by atoms with van der Waals surface area (Å²) in [5.74, 6) is 1.03. The van der Waals surface area contributed by atoms with Crippen LogP contribution in [0.15, 0.2) is 101 Å². The molecule has 0 radical (unpaired) electrons. The molecule has 0 spiro atoms. The number of nitro benzene ring substituents is 2. The number of methoxy groups -OCH3 is 1. The highest BCUT2D eigenvalue weighted by Gasteiger charge is 2.26. The number of nitrogens with zero attached hydrogens (tertiary/aromatic N) is 4. The number of anilines is 1. The Hall–Kier alpha value is -4.70. The second-order valence-corrected chi connectivity index (χ2v) is 9.35. The second-order valence-electron chi connectivity index (χ2n) is 8.36. The van der Waals surface area contributed by atoms with Gasteiger partial charge in [-0.3, -0.25) is 24.5 Å². The van der Waals surface area contributed by atoms with Gasteiger partial charge in [0.2, 0.25) is 0 Å². The van der Waals surface area contributed by atoms with E-state index in [9.17, 15) is 20.2 Å². The molecule has 0 aliphatic carbocycles. The van der Waals surface area contributed by atoms with E-state index in [0.29, 0.717) is 28.5 Å². The van der Waals surface area contributed by atoms with E-state index in [4.69, 9.17) is 9.73 Å². The Labute approximate surface area is 223 Å². The molecule has 192 valence electrons. The van der Waals surface area contributed by atoms with Crippen LogP contribution in [0.1, 0.15) is 16.7 Å². The van der Waals surface area contributed by atoms with Crippen molar-refractivity contribution in [1.82, 2.24) is 0 Å². The van der Waals surface area contributed by atoms with E-state index in [1.165, 1.54) is 12.1 Å². The molecule has 4 aromatic carbocycles. The average molecular weight is 529 g/mol. The van der Waals surface area contributed by atoms with Crippen molar-refractivity contribution >= 4 is 40.5 Å². The van der Waals surface area contributed by atoms with Crippen LogP contribution in [0.2, 0.25) is 0 Å². The fourth-order valence-electron chi connectivity index (χ4n) is 3.62. The van der Waals surface area contributed by atoms with E-state index in [1.54, 1.807) is 11.4 Å². The molecule has 4 aromatic rings. The molecule has 4 rings (SSSR count). The minimum atomic E-state index is -0.654. The maximum Gasteiger partial charge on any atom is 0.291 e. The highest BCUT2D eigenvalue weighted by Crippen LogP contribution is 2.39. The molecule has 0 aromatic heterocycles. The lowest BCUT2D eigenvalue weighted by Gasteiger charge is -2.26. The number of ether oxygens (including phenoxy) is 1. The molecule has 0 heterocycles. The van der Waals surface area contributed by atoms with Crippen molar-refractivity contribution in [3.63, 3.8) is 0 Å². The first kappa shape index (κ1) is 26.4. The number of hydrogen-bond donors (Lipinski definition) is 0. The van der Waals surface area contributed by atoms with Crippen molar-refractivity contribution in [2.45, 2.75) is 18.7 Å². The molecule has 0 amide bonds. The van der Waals surface area contributed by atoms with Gasteiger partial charge in [0.1, 0.15) is 10.6 Å². The van der Waals surface area contributed by atoms with Crippen LogP contribution < -0.4 is 9.04 Å².